The van der Waals surface area contributed by atoms with Crippen molar-refractivity contribution in [2.45, 2.75) is 6.54 Å². The summed E-state index contributed by atoms with van der Waals surface area (Å²) in [6, 6.07) is 9.70. The average Bonchev–Trinajstić information content (AvgIpc) is 2.46. The molecule has 0 aliphatic rings. The van der Waals surface area contributed by atoms with E-state index in [9.17, 15) is 0 Å². The van der Waals surface area contributed by atoms with E-state index in [0.717, 1.165) is 22.0 Å². The summed E-state index contributed by atoms with van der Waals surface area (Å²) in [5.74, 6) is 0.588. The maximum Gasteiger partial charge on any atom is 0.239 e. The largest absolute Gasteiger partial charge is 0.479 e. The van der Waals surface area contributed by atoms with Crippen LogP contribution in [0.5, 0.6) is 5.88 Å². The first-order valence-electron chi connectivity index (χ1n) is 6.30. The summed E-state index contributed by atoms with van der Waals surface area (Å²) in [5, 5.41) is 4.12. The van der Waals surface area contributed by atoms with Crippen molar-refractivity contribution < 1.29 is 4.74 Å². The van der Waals surface area contributed by atoms with Crippen molar-refractivity contribution in [2.24, 2.45) is 0 Å². The minimum atomic E-state index is 0.588. The van der Waals surface area contributed by atoms with Crippen LogP contribution in [0.3, 0.4) is 0 Å². The Bertz CT molecular complexity index is 570. The van der Waals surface area contributed by atoms with Crippen molar-refractivity contribution in [3.8, 4) is 5.88 Å². The molecule has 2 rings (SSSR count). The van der Waals surface area contributed by atoms with Gasteiger partial charge in [0.25, 0.3) is 0 Å². The Morgan fingerprint density at radius 3 is 2.50 bits per heavy atom. The van der Waals surface area contributed by atoms with Gasteiger partial charge in [0.15, 0.2) is 0 Å². The molecule has 106 valence electrons. The Morgan fingerprint density at radius 2 is 1.90 bits per heavy atom. The molecule has 0 saturated carbocycles. The molecule has 0 unspecified atom stereocenters. The molecule has 0 spiro atoms. The number of benzene rings is 1. The van der Waals surface area contributed by atoms with Gasteiger partial charge in [-0.05, 0) is 23.8 Å². The van der Waals surface area contributed by atoms with Crippen molar-refractivity contribution in [3.63, 3.8) is 0 Å². The van der Waals surface area contributed by atoms with E-state index in [0.29, 0.717) is 12.4 Å². The van der Waals surface area contributed by atoms with Crippen molar-refractivity contribution in [3.05, 3.63) is 47.1 Å². The van der Waals surface area contributed by atoms with Crippen LogP contribution in [0.25, 0.3) is 0 Å². The van der Waals surface area contributed by atoms with Crippen LogP contribution < -0.4 is 15.0 Å². The lowest BCUT2D eigenvalue weighted by atomic mass is 10.2. The standard InChI is InChI=1S/C15H18ClN3O/c1-19(2)13-8-9-17-15(20-3)14(13)18-10-11-4-6-12(16)7-5-11/h4-9,18H,10H2,1-3H3. The van der Waals surface area contributed by atoms with E-state index in [1.807, 2.05) is 49.3 Å². The number of nitrogens with zero attached hydrogens (tertiary/aromatic N) is 2. The molecule has 0 fully saturated rings. The third kappa shape index (κ3) is 3.33. The molecule has 1 aromatic heterocycles. The fourth-order valence-corrected chi connectivity index (χ4v) is 2.05. The summed E-state index contributed by atoms with van der Waals surface area (Å²) < 4.78 is 5.32. The second kappa shape index (κ2) is 6.48. The van der Waals surface area contributed by atoms with Crippen LogP contribution in [0.2, 0.25) is 5.02 Å². The molecule has 1 heterocycles. The summed E-state index contributed by atoms with van der Waals surface area (Å²) in [7, 11) is 5.60. The SMILES string of the molecule is COc1nccc(N(C)C)c1NCc1ccc(Cl)cc1. The van der Waals surface area contributed by atoms with Crippen LogP contribution in [0.4, 0.5) is 11.4 Å². The zero-order valence-electron chi connectivity index (χ0n) is 11.9. The number of methoxy groups -OCH3 is 1. The summed E-state index contributed by atoms with van der Waals surface area (Å²) in [4.78, 5) is 6.26. The molecule has 4 nitrogen and oxygen atoms in total. The van der Waals surface area contributed by atoms with Gasteiger partial charge in [-0.25, -0.2) is 4.98 Å². The number of hydrogen-bond acceptors (Lipinski definition) is 4. The second-order valence-electron chi connectivity index (χ2n) is 4.59. The maximum absolute atomic E-state index is 5.89. The molecule has 0 bridgehead atoms. The first kappa shape index (κ1) is 14.5. The number of aromatic nitrogens is 1. The van der Waals surface area contributed by atoms with Gasteiger partial charge in [-0.15, -0.1) is 0 Å². The van der Waals surface area contributed by atoms with E-state index in [1.165, 1.54) is 0 Å². The van der Waals surface area contributed by atoms with Crippen LogP contribution in [0.15, 0.2) is 36.5 Å². The van der Waals surface area contributed by atoms with E-state index in [2.05, 4.69) is 10.3 Å². The van der Waals surface area contributed by atoms with Crippen LogP contribution in [-0.4, -0.2) is 26.2 Å². The van der Waals surface area contributed by atoms with Gasteiger partial charge < -0.3 is 15.0 Å². The number of pyridine rings is 1. The number of ether oxygens (including phenoxy) is 1. The molecule has 2 aromatic rings. The third-order valence-corrected chi connectivity index (χ3v) is 3.20. The third-order valence-electron chi connectivity index (χ3n) is 2.95. The van der Waals surface area contributed by atoms with E-state index in [1.54, 1.807) is 13.3 Å². The van der Waals surface area contributed by atoms with Gasteiger partial charge in [-0.3, -0.25) is 0 Å². The average molecular weight is 292 g/mol. The number of hydrogen-bond donors (Lipinski definition) is 1. The monoisotopic (exact) mass is 291 g/mol. The lowest BCUT2D eigenvalue weighted by molar-refractivity contribution is 0.400. The molecule has 1 N–H and O–H groups in total. The molecule has 0 radical (unpaired) electrons. The summed E-state index contributed by atoms with van der Waals surface area (Å²) in [5.41, 5.74) is 3.06. The highest BCUT2D eigenvalue weighted by molar-refractivity contribution is 6.30. The summed E-state index contributed by atoms with van der Waals surface area (Å²) in [6.45, 7) is 0.681. The van der Waals surface area contributed by atoms with E-state index in [-0.39, 0.29) is 0 Å². The molecular formula is C15H18ClN3O. The van der Waals surface area contributed by atoms with Crippen LogP contribution >= 0.6 is 11.6 Å². The maximum atomic E-state index is 5.89. The van der Waals surface area contributed by atoms with Gasteiger partial charge in [0.2, 0.25) is 5.88 Å². The zero-order chi connectivity index (χ0) is 14.5. The Kier molecular flexibility index (Phi) is 4.69. The molecule has 0 atom stereocenters. The topological polar surface area (TPSA) is 37.4 Å². The Morgan fingerprint density at radius 1 is 1.20 bits per heavy atom. The van der Waals surface area contributed by atoms with E-state index >= 15 is 0 Å². The molecular weight excluding hydrogens is 274 g/mol. The van der Waals surface area contributed by atoms with Crippen LogP contribution in [0, 0.1) is 0 Å². The van der Waals surface area contributed by atoms with Gasteiger partial charge in [0, 0.05) is 31.9 Å². The first-order valence-corrected chi connectivity index (χ1v) is 6.68. The van der Waals surface area contributed by atoms with Crippen molar-refractivity contribution >= 4 is 23.0 Å². The molecule has 20 heavy (non-hydrogen) atoms. The highest BCUT2D eigenvalue weighted by atomic mass is 35.5. The molecule has 1 aromatic carbocycles. The Balaban J connectivity index is 2.21. The quantitative estimate of drug-likeness (QED) is 0.916. The minimum Gasteiger partial charge on any atom is -0.479 e. The van der Waals surface area contributed by atoms with Gasteiger partial charge in [-0.1, -0.05) is 23.7 Å². The van der Waals surface area contributed by atoms with E-state index < -0.39 is 0 Å². The summed E-state index contributed by atoms with van der Waals surface area (Å²) >= 11 is 5.89. The molecule has 0 aliphatic heterocycles. The van der Waals surface area contributed by atoms with Crippen molar-refractivity contribution in [2.75, 3.05) is 31.4 Å². The summed E-state index contributed by atoms with van der Waals surface area (Å²) in [6.07, 6.45) is 1.74. The van der Waals surface area contributed by atoms with E-state index in [4.69, 9.17) is 16.3 Å². The van der Waals surface area contributed by atoms with Crippen LogP contribution in [-0.2, 0) is 6.54 Å². The molecule has 0 saturated heterocycles. The van der Waals surface area contributed by atoms with Crippen molar-refractivity contribution in [1.82, 2.24) is 4.98 Å². The van der Waals surface area contributed by atoms with Crippen LogP contribution in [0.1, 0.15) is 5.56 Å². The molecule has 0 amide bonds. The fraction of sp³-hybridized carbons (Fsp3) is 0.267. The Labute approximate surface area is 124 Å². The normalized spacial score (nSPS) is 10.2. The van der Waals surface area contributed by atoms with Gasteiger partial charge in [0.1, 0.15) is 5.69 Å². The van der Waals surface area contributed by atoms with Gasteiger partial charge >= 0.3 is 0 Å². The number of rotatable bonds is 5. The highest BCUT2D eigenvalue weighted by Gasteiger charge is 2.11. The minimum absolute atomic E-state index is 0.588. The first-order chi connectivity index (χ1) is 9.61. The predicted molar refractivity (Wildman–Crippen MR) is 83.9 cm³/mol. The predicted octanol–water partition coefficient (Wildman–Crippen LogP) is 3.42. The Hall–Kier alpha value is -1.94. The highest BCUT2D eigenvalue weighted by Crippen LogP contribution is 2.32. The van der Waals surface area contributed by atoms with Crippen molar-refractivity contribution in [1.29, 1.82) is 0 Å². The molecule has 0 aliphatic carbocycles. The zero-order valence-corrected chi connectivity index (χ0v) is 12.6. The fourth-order valence-electron chi connectivity index (χ4n) is 1.92. The second-order valence-corrected chi connectivity index (χ2v) is 5.03. The van der Waals surface area contributed by atoms with Gasteiger partial charge in [0.05, 0.1) is 12.8 Å². The number of anilines is 2. The lowest BCUT2D eigenvalue weighted by Crippen LogP contribution is -2.13. The lowest BCUT2D eigenvalue weighted by Gasteiger charge is -2.20. The molecule has 5 heteroatoms. The smallest absolute Gasteiger partial charge is 0.239 e. The number of halogens is 1. The van der Waals surface area contributed by atoms with Gasteiger partial charge in [-0.2, -0.15) is 0 Å². The number of nitrogens with one attached hydrogen (secondary N) is 1.